The number of rotatable bonds is 7. The number of ether oxygens (including phenoxy) is 2. The second-order valence-electron chi connectivity index (χ2n) is 6.25. The molecule has 1 fully saturated rings. The van der Waals surface area contributed by atoms with E-state index in [9.17, 15) is 9.59 Å². The molecule has 30 heavy (non-hydrogen) atoms. The number of halogens is 1. The Morgan fingerprint density at radius 3 is 2.53 bits per heavy atom. The Hall–Kier alpha value is -2.55. The van der Waals surface area contributed by atoms with Gasteiger partial charge in [0.2, 0.25) is 5.91 Å². The number of carbonyl (C=O) groups is 2. The molecule has 156 valence electrons. The Labute approximate surface area is 189 Å². The monoisotopic (exact) mass is 462 g/mol. The topological polar surface area (TPSA) is 67.9 Å². The lowest BCUT2D eigenvalue weighted by Crippen LogP contribution is -2.31. The van der Waals surface area contributed by atoms with Crippen molar-refractivity contribution in [2.45, 2.75) is 6.42 Å². The Morgan fingerprint density at radius 2 is 1.87 bits per heavy atom. The quantitative estimate of drug-likeness (QED) is 0.479. The highest BCUT2D eigenvalue weighted by Gasteiger charge is 2.32. The summed E-state index contributed by atoms with van der Waals surface area (Å²) in [6, 6.07) is 12.2. The van der Waals surface area contributed by atoms with Crippen LogP contribution in [0, 0.1) is 0 Å². The van der Waals surface area contributed by atoms with Crippen LogP contribution in [0.2, 0.25) is 5.02 Å². The van der Waals surface area contributed by atoms with Gasteiger partial charge in [0.05, 0.1) is 19.1 Å². The summed E-state index contributed by atoms with van der Waals surface area (Å²) in [7, 11) is 3.11. The van der Waals surface area contributed by atoms with Crippen molar-refractivity contribution >= 4 is 63.5 Å². The third kappa shape index (κ3) is 5.33. The van der Waals surface area contributed by atoms with Crippen LogP contribution < -0.4 is 14.8 Å². The molecule has 9 heteroatoms. The molecule has 0 unspecified atom stereocenters. The van der Waals surface area contributed by atoms with Crippen molar-refractivity contribution in [3.05, 3.63) is 58.0 Å². The number of nitrogens with zero attached hydrogens (tertiary/aromatic N) is 1. The summed E-state index contributed by atoms with van der Waals surface area (Å²) in [5.41, 5.74) is 1.43. The van der Waals surface area contributed by atoms with Gasteiger partial charge in [0.1, 0.15) is 4.32 Å². The van der Waals surface area contributed by atoms with Gasteiger partial charge in [0, 0.05) is 23.7 Å². The molecule has 0 bridgehead atoms. The summed E-state index contributed by atoms with van der Waals surface area (Å²) in [4.78, 5) is 26.9. The van der Waals surface area contributed by atoms with Gasteiger partial charge < -0.3 is 14.8 Å². The van der Waals surface area contributed by atoms with E-state index in [1.54, 1.807) is 56.7 Å². The zero-order valence-electron chi connectivity index (χ0n) is 16.3. The number of anilines is 1. The molecule has 0 radical (unpaired) electrons. The Bertz CT molecular complexity index is 1010. The minimum atomic E-state index is -0.223. The number of amides is 2. The molecular weight excluding hydrogens is 444 g/mol. The summed E-state index contributed by atoms with van der Waals surface area (Å²) < 4.78 is 10.9. The molecule has 0 atom stereocenters. The molecule has 2 aromatic rings. The SMILES string of the molecule is COc1ccc(C=C2SC(=S)N(CCC(=O)Nc3ccc(Cl)cc3)C2=O)cc1OC. The maximum Gasteiger partial charge on any atom is 0.266 e. The predicted molar refractivity (Wildman–Crippen MR) is 124 cm³/mol. The average molecular weight is 463 g/mol. The second kappa shape index (κ2) is 9.97. The highest BCUT2D eigenvalue weighted by Crippen LogP contribution is 2.34. The lowest BCUT2D eigenvalue weighted by Gasteiger charge is -2.14. The minimum absolute atomic E-state index is 0.124. The molecule has 6 nitrogen and oxygen atoms in total. The molecular formula is C21H19ClN2O4S2. The van der Waals surface area contributed by atoms with E-state index in [2.05, 4.69) is 5.32 Å². The van der Waals surface area contributed by atoms with Gasteiger partial charge in [-0.2, -0.15) is 0 Å². The number of thioether (sulfide) groups is 1. The van der Waals surface area contributed by atoms with Crippen molar-refractivity contribution < 1.29 is 19.1 Å². The number of methoxy groups -OCH3 is 2. The van der Waals surface area contributed by atoms with E-state index in [-0.39, 0.29) is 24.8 Å². The van der Waals surface area contributed by atoms with Crippen LogP contribution in [0.15, 0.2) is 47.4 Å². The molecule has 2 aromatic carbocycles. The fourth-order valence-electron chi connectivity index (χ4n) is 2.76. The zero-order valence-corrected chi connectivity index (χ0v) is 18.7. The molecule has 1 heterocycles. The third-order valence-electron chi connectivity index (χ3n) is 4.27. The Kier molecular flexibility index (Phi) is 7.36. The van der Waals surface area contributed by atoms with Crippen LogP contribution in [0.25, 0.3) is 6.08 Å². The molecule has 1 saturated heterocycles. The van der Waals surface area contributed by atoms with E-state index < -0.39 is 0 Å². The number of nitrogens with one attached hydrogen (secondary N) is 1. The number of hydrogen-bond acceptors (Lipinski definition) is 6. The second-order valence-corrected chi connectivity index (χ2v) is 8.37. The van der Waals surface area contributed by atoms with E-state index in [1.807, 2.05) is 6.07 Å². The molecule has 2 amide bonds. The van der Waals surface area contributed by atoms with Gasteiger partial charge in [-0.05, 0) is 48.0 Å². The zero-order chi connectivity index (χ0) is 21.7. The first kappa shape index (κ1) is 22.1. The predicted octanol–water partition coefficient (Wildman–Crippen LogP) is 4.59. The molecule has 0 aromatic heterocycles. The first-order valence-corrected chi connectivity index (χ1v) is 10.5. The van der Waals surface area contributed by atoms with Crippen LogP contribution in [0.5, 0.6) is 11.5 Å². The third-order valence-corrected chi connectivity index (χ3v) is 5.90. The average Bonchev–Trinajstić information content (AvgIpc) is 3.00. The molecule has 0 spiro atoms. The fourth-order valence-corrected chi connectivity index (χ4v) is 4.19. The number of carbonyl (C=O) groups excluding carboxylic acids is 2. The molecule has 0 aliphatic carbocycles. The van der Waals surface area contributed by atoms with Crippen LogP contribution in [-0.2, 0) is 9.59 Å². The lowest BCUT2D eigenvalue weighted by molar-refractivity contribution is -0.122. The van der Waals surface area contributed by atoms with E-state index in [4.69, 9.17) is 33.3 Å². The molecule has 0 saturated carbocycles. The van der Waals surface area contributed by atoms with Gasteiger partial charge >= 0.3 is 0 Å². The van der Waals surface area contributed by atoms with Gasteiger partial charge in [0.15, 0.2) is 11.5 Å². The molecule has 1 N–H and O–H groups in total. The van der Waals surface area contributed by atoms with Crippen LogP contribution in [0.4, 0.5) is 5.69 Å². The van der Waals surface area contributed by atoms with Gasteiger partial charge in [-0.1, -0.05) is 41.6 Å². The van der Waals surface area contributed by atoms with E-state index in [0.29, 0.717) is 31.4 Å². The molecule has 1 aliphatic heterocycles. The van der Waals surface area contributed by atoms with Crippen LogP contribution in [-0.4, -0.2) is 41.8 Å². The highest BCUT2D eigenvalue weighted by molar-refractivity contribution is 8.26. The standard InChI is InChI=1S/C21H19ClN2O4S2/c1-27-16-8-3-13(11-17(16)28-2)12-18-20(26)24(21(29)30-18)10-9-19(25)23-15-6-4-14(22)5-7-15/h3-8,11-12H,9-10H2,1-2H3,(H,23,25). The molecule has 1 aliphatic rings. The van der Waals surface area contributed by atoms with Crippen molar-refractivity contribution in [2.24, 2.45) is 0 Å². The van der Waals surface area contributed by atoms with Crippen molar-refractivity contribution in [2.75, 3.05) is 26.1 Å². The Morgan fingerprint density at radius 1 is 1.17 bits per heavy atom. The summed E-state index contributed by atoms with van der Waals surface area (Å²) in [5, 5.41) is 3.36. The van der Waals surface area contributed by atoms with Gasteiger partial charge in [-0.25, -0.2) is 0 Å². The summed E-state index contributed by atoms with van der Waals surface area (Å²) in [6.07, 6.45) is 1.87. The largest absolute Gasteiger partial charge is 0.493 e. The normalized spacial score (nSPS) is 14.9. The van der Waals surface area contributed by atoms with Crippen molar-refractivity contribution in [3.8, 4) is 11.5 Å². The van der Waals surface area contributed by atoms with Crippen LogP contribution >= 0.6 is 35.6 Å². The number of benzene rings is 2. The maximum absolute atomic E-state index is 12.8. The summed E-state index contributed by atoms with van der Waals surface area (Å²) >= 11 is 12.4. The summed E-state index contributed by atoms with van der Waals surface area (Å²) in [5.74, 6) is 0.740. The fraction of sp³-hybridized carbons (Fsp3) is 0.190. The van der Waals surface area contributed by atoms with Gasteiger partial charge in [0.25, 0.3) is 5.91 Å². The van der Waals surface area contributed by atoms with Crippen molar-refractivity contribution in [1.29, 1.82) is 0 Å². The number of thiocarbonyl (C=S) groups is 1. The maximum atomic E-state index is 12.8. The van der Waals surface area contributed by atoms with Gasteiger partial charge in [-0.15, -0.1) is 0 Å². The molecule has 3 rings (SSSR count). The first-order chi connectivity index (χ1) is 14.4. The van der Waals surface area contributed by atoms with Crippen molar-refractivity contribution in [3.63, 3.8) is 0 Å². The highest BCUT2D eigenvalue weighted by atomic mass is 35.5. The van der Waals surface area contributed by atoms with E-state index in [1.165, 1.54) is 16.7 Å². The number of hydrogen-bond donors (Lipinski definition) is 1. The summed E-state index contributed by atoms with van der Waals surface area (Å²) in [6.45, 7) is 0.202. The first-order valence-electron chi connectivity index (χ1n) is 8.94. The Balaban J connectivity index is 1.63. The lowest BCUT2D eigenvalue weighted by atomic mass is 10.2. The van der Waals surface area contributed by atoms with Crippen LogP contribution in [0.3, 0.4) is 0 Å². The smallest absolute Gasteiger partial charge is 0.266 e. The van der Waals surface area contributed by atoms with E-state index >= 15 is 0 Å². The van der Waals surface area contributed by atoms with E-state index in [0.717, 1.165) is 5.56 Å². The van der Waals surface area contributed by atoms with Crippen LogP contribution in [0.1, 0.15) is 12.0 Å². The van der Waals surface area contributed by atoms with Gasteiger partial charge in [-0.3, -0.25) is 14.5 Å². The van der Waals surface area contributed by atoms with Crippen molar-refractivity contribution in [1.82, 2.24) is 4.90 Å². The minimum Gasteiger partial charge on any atom is -0.493 e.